The summed E-state index contributed by atoms with van der Waals surface area (Å²) in [4.78, 5) is 17.1. The van der Waals surface area contributed by atoms with Crippen molar-refractivity contribution >= 4 is 16.9 Å². The third-order valence-electron chi connectivity index (χ3n) is 4.32. The molecule has 0 N–H and O–H groups in total. The van der Waals surface area contributed by atoms with Crippen LogP contribution in [-0.2, 0) is 11.2 Å². The number of esters is 1. The number of carbonyl (C=O) groups excluding carboxylic acids is 1. The summed E-state index contributed by atoms with van der Waals surface area (Å²) in [5.74, 6) is 0.235. The van der Waals surface area contributed by atoms with Crippen molar-refractivity contribution in [1.82, 2.24) is 4.98 Å². The Morgan fingerprint density at radius 2 is 1.92 bits per heavy atom. The highest BCUT2D eigenvalue weighted by Crippen LogP contribution is 2.29. The van der Waals surface area contributed by atoms with Crippen molar-refractivity contribution in [2.45, 2.75) is 20.3 Å². The summed E-state index contributed by atoms with van der Waals surface area (Å²) in [7, 11) is 1.47. The zero-order valence-electron chi connectivity index (χ0n) is 14.9. The number of hydrogen-bond donors (Lipinski definition) is 0. The summed E-state index contributed by atoms with van der Waals surface area (Å²) in [6.45, 7) is 3.88. The molecule has 0 aliphatic rings. The first-order valence-corrected chi connectivity index (χ1v) is 8.17. The Kier molecular flexibility index (Phi) is 4.85. The molecule has 0 radical (unpaired) electrons. The van der Waals surface area contributed by atoms with E-state index in [1.165, 1.54) is 13.2 Å². The van der Waals surface area contributed by atoms with Crippen molar-refractivity contribution in [3.8, 4) is 17.6 Å². The Bertz CT molecular complexity index is 1040. The molecule has 3 rings (SSSR count). The average molecular weight is 346 g/mol. The normalized spacial score (nSPS) is 10.4. The van der Waals surface area contributed by atoms with Crippen LogP contribution in [-0.4, -0.2) is 18.1 Å². The maximum absolute atomic E-state index is 12.5. The fourth-order valence-electron chi connectivity index (χ4n) is 2.96. The molecule has 0 fully saturated rings. The van der Waals surface area contributed by atoms with E-state index < -0.39 is 5.97 Å². The van der Waals surface area contributed by atoms with Gasteiger partial charge in [-0.3, -0.25) is 9.78 Å². The molecule has 0 atom stereocenters. The lowest BCUT2D eigenvalue weighted by Gasteiger charge is -2.13. The van der Waals surface area contributed by atoms with E-state index in [0.717, 1.165) is 27.7 Å². The predicted octanol–water partition coefficient (Wildman–Crippen LogP) is 3.88. The van der Waals surface area contributed by atoms with Crippen LogP contribution in [0.25, 0.3) is 10.9 Å². The van der Waals surface area contributed by atoms with Gasteiger partial charge in [0.25, 0.3) is 0 Å². The molecule has 0 saturated heterocycles. The second-order valence-electron chi connectivity index (χ2n) is 5.95. The van der Waals surface area contributed by atoms with E-state index in [0.29, 0.717) is 17.1 Å². The van der Waals surface area contributed by atoms with Gasteiger partial charge < -0.3 is 9.47 Å². The summed E-state index contributed by atoms with van der Waals surface area (Å²) >= 11 is 0. The molecular weight excluding hydrogens is 328 g/mol. The summed E-state index contributed by atoms with van der Waals surface area (Å²) in [5, 5.41) is 9.98. The van der Waals surface area contributed by atoms with Crippen LogP contribution in [0.1, 0.15) is 22.4 Å². The average Bonchev–Trinajstić information content (AvgIpc) is 2.65. The van der Waals surface area contributed by atoms with Gasteiger partial charge in [-0.2, -0.15) is 5.26 Å². The van der Waals surface area contributed by atoms with E-state index in [9.17, 15) is 4.79 Å². The number of pyridine rings is 1. The largest absolute Gasteiger partial charge is 0.493 e. The number of carbonyl (C=O) groups is 1. The van der Waals surface area contributed by atoms with Crippen molar-refractivity contribution < 1.29 is 14.3 Å². The van der Waals surface area contributed by atoms with Gasteiger partial charge >= 0.3 is 5.97 Å². The third kappa shape index (κ3) is 3.35. The van der Waals surface area contributed by atoms with Gasteiger partial charge in [-0.1, -0.05) is 18.2 Å². The van der Waals surface area contributed by atoms with Crippen LogP contribution in [0.4, 0.5) is 0 Å². The molecule has 5 heteroatoms. The second-order valence-corrected chi connectivity index (χ2v) is 5.95. The minimum absolute atomic E-state index is 0.110. The van der Waals surface area contributed by atoms with E-state index in [-0.39, 0.29) is 6.42 Å². The molecule has 0 aliphatic carbocycles. The SMILES string of the molecule is COc1cc(C#N)ccc1OC(=O)Cc1c(C)nc2ccccc2c1C. The van der Waals surface area contributed by atoms with Crippen LogP contribution in [0.2, 0.25) is 0 Å². The van der Waals surface area contributed by atoms with Gasteiger partial charge in [-0.25, -0.2) is 0 Å². The van der Waals surface area contributed by atoms with Crippen LogP contribution in [0.3, 0.4) is 0 Å². The molecule has 0 amide bonds. The van der Waals surface area contributed by atoms with Crippen molar-refractivity contribution in [3.63, 3.8) is 0 Å². The van der Waals surface area contributed by atoms with Crippen LogP contribution in [0.5, 0.6) is 11.5 Å². The molecule has 130 valence electrons. The number of aromatic nitrogens is 1. The van der Waals surface area contributed by atoms with Crippen LogP contribution < -0.4 is 9.47 Å². The zero-order chi connectivity index (χ0) is 18.7. The molecule has 0 bridgehead atoms. The Morgan fingerprint density at radius 3 is 2.65 bits per heavy atom. The monoisotopic (exact) mass is 346 g/mol. The standard InChI is InChI=1S/C21H18N2O3/c1-13-16-6-4-5-7-18(16)23-14(2)17(13)11-21(24)26-19-9-8-15(12-22)10-20(19)25-3/h4-10H,11H2,1-3H3. The fraction of sp³-hybridized carbons (Fsp3) is 0.190. The summed E-state index contributed by atoms with van der Waals surface area (Å²) in [6.07, 6.45) is 0.110. The Labute approximate surface area is 151 Å². The van der Waals surface area contributed by atoms with Crippen LogP contribution in [0.15, 0.2) is 42.5 Å². The first-order chi connectivity index (χ1) is 12.5. The summed E-state index contributed by atoms with van der Waals surface area (Å²) < 4.78 is 10.7. The smallest absolute Gasteiger partial charge is 0.315 e. The van der Waals surface area contributed by atoms with Crippen molar-refractivity contribution in [3.05, 3.63) is 64.8 Å². The van der Waals surface area contributed by atoms with Gasteiger partial charge in [0.15, 0.2) is 11.5 Å². The highest BCUT2D eigenvalue weighted by Gasteiger charge is 2.16. The number of ether oxygens (including phenoxy) is 2. The summed E-state index contributed by atoms with van der Waals surface area (Å²) in [5.41, 5.74) is 4.04. The first-order valence-electron chi connectivity index (χ1n) is 8.17. The van der Waals surface area contributed by atoms with Crippen LogP contribution >= 0.6 is 0 Å². The lowest BCUT2D eigenvalue weighted by molar-refractivity contribution is -0.133. The van der Waals surface area contributed by atoms with Gasteiger partial charge in [0, 0.05) is 17.1 Å². The summed E-state index contributed by atoms with van der Waals surface area (Å²) in [6, 6.07) is 14.6. The first kappa shape index (κ1) is 17.4. The quantitative estimate of drug-likeness (QED) is 0.529. The van der Waals surface area contributed by atoms with E-state index in [4.69, 9.17) is 14.7 Å². The molecule has 0 aliphatic heterocycles. The van der Waals surface area contributed by atoms with Crippen molar-refractivity contribution in [2.75, 3.05) is 7.11 Å². The minimum Gasteiger partial charge on any atom is -0.493 e. The minimum atomic E-state index is -0.406. The number of methoxy groups -OCH3 is 1. The molecule has 0 saturated carbocycles. The Balaban J connectivity index is 1.87. The third-order valence-corrected chi connectivity index (χ3v) is 4.32. The highest BCUT2D eigenvalue weighted by molar-refractivity contribution is 5.85. The Hall–Kier alpha value is -3.39. The van der Waals surface area contributed by atoms with E-state index in [2.05, 4.69) is 4.98 Å². The van der Waals surface area contributed by atoms with Crippen molar-refractivity contribution in [1.29, 1.82) is 5.26 Å². The number of rotatable bonds is 4. The maximum Gasteiger partial charge on any atom is 0.315 e. The molecule has 1 heterocycles. The number of para-hydroxylation sites is 1. The maximum atomic E-state index is 12.5. The van der Waals surface area contributed by atoms with Gasteiger partial charge in [0.1, 0.15) is 0 Å². The van der Waals surface area contributed by atoms with Crippen LogP contribution in [0, 0.1) is 25.2 Å². The second kappa shape index (κ2) is 7.24. The predicted molar refractivity (Wildman–Crippen MR) is 98.3 cm³/mol. The number of aryl methyl sites for hydroxylation is 2. The van der Waals surface area contributed by atoms with E-state index >= 15 is 0 Å². The van der Waals surface area contributed by atoms with E-state index in [1.807, 2.05) is 44.2 Å². The molecule has 1 aromatic heterocycles. The lowest BCUT2D eigenvalue weighted by atomic mass is 10.00. The van der Waals surface area contributed by atoms with Gasteiger partial charge in [0.2, 0.25) is 0 Å². The molecule has 0 unspecified atom stereocenters. The van der Waals surface area contributed by atoms with Gasteiger partial charge in [0.05, 0.1) is 30.7 Å². The molecule has 0 spiro atoms. The fourth-order valence-corrected chi connectivity index (χ4v) is 2.96. The van der Waals surface area contributed by atoms with E-state index in [1.54, 1.807) is 12.1 Å². The highest BCUT2D eigenvalue weighted by atomic mass is 16.6. The number of nitrogens with zero attached hydrogens (tertiary/aromatic N) is 2. The topological polar surface area (TPSA) is 72.2 Å². The Morgan fingerprint density at radius 1 is 1.15 bits per heavy atom. The number of nitriles is 1. The van der Waals surface area contributed by atoms with Crippen molar-refractivity contribution in [2.24, 2.45) is 0 Å². The number of benzene rings is 2. The molecular formula is C21H18N2O3. The molecule has 3 aromatic rings. The molecule has 2 aromatic carbocycles. The molecule has 5 nitrogen and oxygen atoms in total. The number of fused-ring (bicyclic) bond motifs is 1. The van der Waals surface area contributed by atoms with Gasteiger partial charge in [-0.15, -0.1) is 0 Å². The number of hydrogen-bond acceptors (Lipinski definition) is 5. The van der Waals surface area contributed by atoms with Gasteiger partial charge in [-0.05, 0) is 43.2 Å². The molecule has 26 heavy (non-hydrogen) atoms. The lowest BCUT2D eigenvalue weighted by Crippen LogP contribution is -2.14. The zero-order valence-corrected chi connectivity index (χ0v) is 14.9.